The number of nitrogens with two attached hydrogens (primary N) is 1. The zero-order valence-corrected chi connectivity index (χ0v) is 8.79. The highest BCUT2D eigenvalue weighted by atomic mass is 35.5. The van der Waals surface area contributed by atoms with Gasteiger partial charge in [-0.2, -0.15) is 0 Å². The normalized spacial score (nSPS) is 20.1. The van der Waals surface area contributed by atoms with E-state index in [1.54, 1.807) is 0 Å². The Labute approximate surface area is 91.7 Å². The summed E-state index contributed by atoms with van der Waals surface area (Å²) in [5, 5.41) is 2.06. The molecule has 1 aliphatic heterocycles. The molecule has 1 heterocycles. The molecule has 0 aromatic rings. The monoisotopic (exact) mass is 233 g/mol. The van der Waals surface area contributed by atoms with Gasteiger partial charge in [-0.3, -0.25) is 14.9 Å². The summed E-state index contributed by atoms with van der Waals surface area (Å²) in [6.45, 7) is 0.426. The maximum absolute atomic E-state index is 11.5. The molecule has 0 unspecified atom stereocenters. The fourth-order valence-electron chi connectivity index (χ4n) is 1.53. The summed E-state index contributed by atoms with van der Waals surface area (Å²) in [5.74, 6) is -1.43. The van der Waals surface area contributed by atoms with E-state index in [2.05, 4.69) is 5.32 Å². The minimum absolute atomic E-state index is 0.291. The molecule has 0 aliphatic carbocycles. The van der Waals surface area contributed by atoms with E-state index in [9.17, 15) is 14.4 Å². The minimum atomic E-state index is -0.617. The van der Waals surface area contributed by atoms with Crippen LogP contribution >= 0.6 is 11.6 Å². The SMILES string of the molecule is NC(=O)[C@@H]1CCCN1C(=O)NC(=O)CCl. The van der Waals surface area contributed by atoms with Crippen LogP contribution in [0.15, 0.2) is 0 Å². The van der Waals surface area contributed by atoms with Crippen LogP contribution in [0.1, 0.15) is 12.8 Å². The van der Waals surface area contributed by atoms with Crippen LogP contribution < -0.4 is 11.1 Å². The molecule has 15 heavy (non-hydrogen) atoms. The van der Waals surface area contributed by atoms with Crippen LogP contribution in [0.5, 0.6) is 0 Å². The number of carbonyl (C=O) groups is 3. The summed E-state index contributed by atoms with van der Waals surface area (Å²) in [6, 6.07) is -1.23. The van der Waals surface area contributed by atoms with Gasteiger partial charge >= 0.3 is 6.03 Å². The van der Waals surface area contributed by atoms with Crippen molar-refractivity contribution < 1.29 is 14.4 Å². The van der Waals surface area contributed by atoms with Gasteiger partial charge in [0.25, 0.3) is 0 Å². The third-order valence-corrected chi connectivity index (χ3v) is 2.45. The first kappa shape index (κ1) is 11.8. The van der Waals surface area contributed by atoms with Gasteiger partial charge in [-0.05, 0) is 12.8 Å². The molecule has 0 saturated carbocycles. The molecule has 1 saturated heterocycles. The number of hydrogen-bond donors (Lipinski definition) is 2. The first-order valence-electron chi connectivity index (χ1n) is 4.52. The van der Waals surface area contributed by atoms with Crippen molar-refractivity contribution in [2.45, 2.75) is 18.9 Å². The van der Waals surface area contributed by atoms with Crippen LogP contribution in [-0.2, 0) is 9.59 Å². The van der Waals surface area contributed by atoms with Gasteiger partial charge in [0, 0.05) is 6.54 Å². The Morgan fingerprint density at radius 3 is 2.67 bits per heavy atom. The Hall–Kier alpha value is -1.30. The molecule has 4 amide bonds. The zero-order chi connectivity index (χ0) is 11.4. The molecule has 84 valence electrons. The van der Waals surface area contributed by atoms with Gasteiger partial charge in [0.05, 0.1) is 0 Å². The van der Waals surface area contributed by atoms with Crippen molar-refractivity contribution in [3.8, 4) is 0 Å². The number of likely N-dealkylation sites (tertiary alicyclic amines) is 1. The predicted molar refractivity (Wildman–Crippen MR) is 53.2 cm³/mol. The Kier molecular flexibility index (Phi) is 3.90. The molecule has 1 fully saturated rings. The standard InChI is InChI=1S/C8H12ClN3O3/c9-4-6(13)11-8(15)12-3-1-2-5(12)7(10)14/h5H,1-4H2,(H2,10,14)(H,11,13,15)/t5-/m0/s1. The highest BCUT2D eigenvalue weighted by Gasteiger charge is 2.33. The summed E-state index contributed by atoms with van der Waals surface area (Å²) >= 11 is 5.23. The van der Waals surface area contributed by atoms with Crippen molar-refractivity contribution >= 4 is 29.4 Å². The van der Waals surface area contributed by atoms with E-state index >= 15 is 0 Å². The van der Waals surface area contributed by atoms with E-state index < -0.39 is 23.9 Å². The van der Waals surface area contributed by atoms with Crippen molar-refractivity contribution in [2.75, 3.05) is 12.4 Å². The predicted octanol–water partition coefficient (Wildman–Crippen LogP) is -0.589. The van der Waals surface area contributed by atoms with Crippen LogP contribution in [0, 0.1) is 0 Å². The second-order valence-corrected chi connectivity index (χ2v) is 3.51. The number of primary amides is 1. The Balaban J connectivity index is 2.58. The number of alkyl halides is 1. The largest absolute Gasteiger partial charge is 0.368 e. The van der Waals surface area contributed by atoms with Crippen molar-refractivity contribution in [3.05, 3.63) is 0 Å². The number of nitrogens with one attached hydrogen (secondary N) is 1. The number of nitrogens with zero attached hydrogens (tertiary/aromatic N) is 1. The van der Waals surface area contributed by atoms with Crippen molar-refractivity contribution in [2.24, 2.45) is 5.73 Å². The lowest BCUT2D eigenvalue weighted by Crippen LogP contribution is -2.49. The van der Waals surface area contributed by atoms with Gasteiger partial charge in [-0.15, -0.1) is 11.6 Å². The highest BCUT2D eigenvalue weighted by molar-refractivity contribution is 6.28. The summed E-state index contributed by atoms with van der Waals surface area (Å²) in [5.41, 5.74) is 5.12. The fraction of sp³-hybridized carbons (Fsp3) is 0.625. The lowest BCUT2D eigenvalue weighted by atomic mass is 10.2. The van der Waals surface area contributed by atoms with Crippen LogP contribution in [0.3, 0.4) is 0 Å². The Bertz CT molecular complexity index is 295. The topological polar surface area (TPSA) is 92.5 Å². The van der Waals surface area contributed by atoms with E-state index in [1.807, 2.05) is 0 Å². The molecule has 0 bridgehead atoms. The molecule has 0 aromatic heterocycles. The third kappa shape index (κ3) is 2.82. The maximum Gasteiger partial charge on any atom is 0.324 e. The number of halogens is 1. The quantitative estimate of drug-likeness (QED) is 0.625. The van der Waals surface area contributed by atoms with Gasteiger partial charge in [-0.25, -0.2) is 4.79 Å². The minimum Gasteiger partial charge on any atom is -0.368 e. The summed E-state index contributed by atoms with van der Waals surface area (Å²) < 4.78 is 0. The molecule has 0 radical (unpaired) electrons. The van der Waals surface area contributed by atoms with Gasteiger partial charge in [0.1, 0.15) is 11.9 Å². The first-order valence-corrected chi connectivity index (χ1v) is 5.05. The number of rotatable bonds is 2. The lowest BCUT2D eigenvalue weighted by molar-refractivity contribution is -0.122. The first-order chi connectivity index (χ1) is 7.06. The molecule has 1 atom stereocenters. The Morgan fingerprint density at radius 1 is 1.47 bits per heavy atom. The smallest absolute Gasteiger partial charge is 0.324 e. The van der Waals surface area contributed by atoms with Crippen LogP contribution in [-0.4, -0.2) is 41.2 Å². The van der Waals surface area contributed by atoms with Crippen LogP contribution in [0.2, 0.25) is 0 Å². The number of hydrogen-bond acceptors (Lipinski definition) is 3. The van der Waals surface area contributed by atoms with Crippen LogP contribution in [0.25, 0.3) is 0 Å². The molecule has 0 spiro atoms. The summed E-state index contributed by atoms with van der Waals surface area (Å²) in [4.78, 5) is 34.5. The van der Waals surface area contributed by atoms with Crippen molar-refractivity contribution in [1.82, 2.24) is 10.2 Å². The molecule has 3 N–H and O–H groups in total. The molecule has 0 aromatic carbocycles. The van der Waals surface area contributed by atoms with E-state index in [0.29, 0.717) is 19.4 Å². The van der Waals surface area contributed by atoms with E-state index in [4.69, 9.17) is 17.3 Å². The van der Waals surface area contributed by atoms with E-state index in [0.717, 1.165) is 0 Å². The molecule has 7 heteroatoms. The fourth-order valence-corrected chi connectivity index (χ4v) is 1.60. The number of carbonyl (C=O) groups excluding carboxylic acids is 3. The van der Waals surface area contributed by atoms with Gasteiger partial charge in [0.15, 0.2) is 0 Å². The average molecular weight is 234 g/mol. The zero-order valence-electron chi connectivity index (χ0n) is 8.03. The second-order valence-electron chi connectivity index (χ2n) is 3.24. The lowest BCUT2D eigenvalue weighted by Gasteiger charge is -2.21. The molecule has 6 nitrogen and oxygen atoms in total. The molecule has 1 aliphatic rings. The molecular formula is C8H12ClN3O3. The van der Waals surface area contributed by atoms with E-state index in [-0.39, 0.29) is 5.88 Å². The van der Waals surface area contributed by atoms with Crippen molar-refractivity contribution in [3.63, 3.8) is 0 Å². The van der Waals surface area contributed by atoms with E-state index in [1.165, 1.54) is 4.90 Å². The van der Waals surface area contributed by atoms with Gasteiger partial charge in [0.2, 0.25) is 11.8 Å². The maximum atomic E-state index is 11.5. The molecular weight excluding hydrogens is 222 g/mol. The summed E-state index contributed by atoms with van der Waals surface area (Å²) in [7, 11) is 0. The van der Waals surface area contributed by atoms with Crippen LogP contribution in [0.4, 0.5) is 4.79 Å². The van der Waals surface area contributed by atoms with Crippen molar-refractivity contribution in [1.29, 1.82) is 0 Å². The number of imide groups is 1. The van der Waals surface area contributed by atoms with Gasteiger partial charge in [-0.1, -0.05) is 0 Å². The number of amides is 4. The second kappa shape index (κ2) is 4.97. The highest BCUT2D eigenvalue weighted by Crippen LogP contribution is 2.16. The third-order valence-electron chi connectivity index (χ3n) is 2.21. The average Bonchev–Trinajstić information content (AvgIpc) is 2.65. The Morgan fingerprint density at radius 2 is 2.13 bits per heavy atom. The molecule has 1 rings (SSSR count). The van der Waals surface area contributed by atoms with Gasteiger partial charge < -0.3 is 10.6 Å². The summed E-state index contributed by atoms with van der Waals surface area (Å²) in [6.07, 6.45) is 1.24. The number of urea groups is 1.